The Morgan fingerprint density at radius 3 is 2.29 bits per heavy atom. The number of rotatable bonds is 7. The molecule has 0 heterocycles. The van der Waals surface area contributed by atoms with Crippen LogP contribution in [0.15, 0.2) is 48.5 Å². The fourth-order valence-electron chi connectivity index (χ4n) is 1.78. The predicted octanol–water partition coefficient (Wildman–Crippen LogP) is 2.75. The lowest BCUT2D eigenvalue weighted by Gasteiger charge is -2.11. The molecule has 0 saturated carbocycles. The first-order valence-electron chi connectivity index (χ1n) is 6.23. The summed E-state index contributed by atoms with van der Waals surface area (Å²) in [6.45, 7) is -0.0372. The van der Waals surface area contributed by atoms with E-state index >= 15 is 0 Å². The van der Waals surface area contributed by atoms with Crippen LogP contribution in [0.3, 0.4) is 0 Å². The van der Waals surface area contributed by atoms with Gasteiger partial charge in [-0.2, -0.15) is 0 Å². The maximum Gasteiger partial charge on any atom is 0.276 e. The third-order valence-corrected chi connectivity index (χ3v) is 2.73. The standard InChI is InChI=1S/C15H13NO5/c17-9-10-20-14-7-3-4-8-15(14)21-11-12-5-1-2-6-13(12)16(18)19/h1-9H,10-11H2. The third-order valence-electron chi connectivity index (χ3n) is 2.73. The van der Waals surface area contributed by atoms with Gasteiger partial charge in [0.1, 0.15) is 13.2 Å². The molecule has 0 aliphatic heterocycles. The van der Waals surface area contributed by atoms with Crippen LogP contribution in [0, 0.1) is 10.1 Å². The lowest BCUT2D eigenvalue weighted by molar-refractivity contribution is -0.385. The fraction of sp³-hybridized carbons (Fsp3) is 0.133. The van der Waals surface area contributed by atoms with Crippen LogP contribution in [0.2, 0.25) is 0 Å². The maximum absolute atomic E-state index is 10.9. The minimum absolute atomic E-state index is 0.00351. The summed E-state index contributed by atoms with van der Waals surface area (Å²) in [5.74, 6) is 0.848. The summed E-state index contributed by atoms with van der Waals surface area (Å²) in [6, 6.07) is 13.2. The molecule has 0 N–H and O–H groups in total. The van der Waals surface area contributed by atoms with Gasteiger partial charge in [-0.3, -0.25) is 14.9 Å². The number of para-hydroxylation sites is 3. The average Bonchev–Trinajstić information content (AvgIpc) is 2.52. The monoisotopic (exact) mass is 287 g/mol. The second-order valence-electron chi connectivity index (χ2n) is 4.10. The first-order valence-corrected chi connectivity index (χ1v) is 6.23. The highest BCUT2D eigenvalue weighted by atomic mass is 16.6. The summed E-state index contributed by atoms with van der Waals surface area (Å²) in [6.07, 6.45) is 0.638. The van der Waals surface area contributed by atoms with Gasteiger partial charge in [0.25, 0.3) is 5.69 Å². The van der Waals surface area contributed by atoms with Gasteiger partial charge in [-0.1, -0.05) is 24.3 Å². The van der Waals surface area contributed by atoms with Crippen LogP contribution in [0.25, 0.3) is 0 Å². The van der Waals surface area contributed by atoms with Crippen LogP contribution in [0.1, 0.15) is 5.56 Å². The summed E-state index contributed by atoms with van der Waals surface area (Å²) in [7, 11) is 0. The number of carbonyl (C=O) groups excluding carboxylic acids is 1. The number of benzene rings is 2. The number of hydrogen-bond donors (Lipinski definition) is 0. The van der Waals surface area contributed by atoms with E-state index in [0.717, 1.165) is 0 Å². The molecule has 6 heteroatoms. The SMILES string of the molecule is O=CCOc1ccccc1OCc1ccccc1[N+](=O)[O-]. The van der Waals surface area contributed by atoms with Crippen LogP contribution < -0.4 is 9.47 Å². The molecule has 0 aromatic heterocycles. The van der Waals surface area contributed by atoms with Crippen LogP contribution in [0.4, 0.5) is 5.69 Å². The minimum Gasteiger partial charge on any atom is -0.485 e. The van der Waals surface area contributed by atoms with Gasteiger partial charge < -0.3 is 9.47 Å². The van der Waals surface area contributed by atoms with E-state index in [-0.39, 0.29) is 18.9 Å². The van der Waals surface area contributed by atoms with Crippen molar-refractivity contribution >= 4 is 12.0 Å². The number of nitro benzene ring substituents is 1. The second-order valence-corrected chi connectivity index (χ2v) is 4.10. The molecule has 0 aliphatic carbocycles. The smallest absolute Gasteiger partial charge is 0.276 e. The number of carbonyl (C=O) groups is 1. The summed E-state index contributed by atoms with van der Waals surface area (Å²) in [4.78, 5) is 20.8. The predicted molar refractivity (Wildman–Crippen MR) is 75.4 cm³/mol. The molecule has 0 fully saturated rings. The highest BCUT2D eigenvalue weighted by Crippen LogP contribution is 2.28. The van der Waals surface area contributed by atoms with Crippen molar-refractivity contribution in [2.24, 2.45) is 0 Å². The van der Waals surface area contributed by atoms with E-state index in [4.69, 9.17) is 9.47 Å². The lowest BCUT2D eigenvalue weighted by atomic mass is 10.2. The summed E-state index contributed by atoms with van der Waals surface area (Å²) < 4.78 is 10.8. The van der Waals surface area contributed by atoms with Gasteiger partial charge in [0.15, 0.2) is 17.8 Å². The van der Waals surface area contributed by atoms with E-state index in [1.54, 1.807) is 42.5 Å². The minimum atomic E-state index is -0.451. The molecule has 0 unspecified atom stereocenters. The molecule has 2 rings (SSSR count). The molecule has 0 radical (unpaired) electrons. The first-order chi connectivity index (χ1) is 10.2. The molecule has 2 aromatic carbocycles. The molecule has 108 valence electrons. The largest absolute Gasteiger partial charge is 0.485 e. The molecule has 0 saturated heterocycles. The Labute approximate surface area is 121 Å². The third kappa shape index (κ3) is 3.79. The van der Waals surface area contributed by atoms with E-state index in [9.17, 15) is 14.9 Å². The molecular formula is C15H13NO5. The molecule has 0 spiro atoms. The number of nitrogens with zero attached hydrogens (tertiary/aromatic N) is 1. The van der Waals surface area contributed by atoms with Crippen LogP contribution >= 0.6 is 0 Å². The number of hydrogen-bond acceptors (Lipinski definition) is 5. The molecule has 6 nitrogen and oxygen atoms in total. The Morgan fingerprint density at radius 1 is 1.00 bits per heavy atom. The van der Waals surface area contributed by atoms with Gasteiger partial charge in [-0.05, 0) is 18.2 Å². The highest BCUT2D eigenvalue weighted by Gasteiger charge is 2.13. The van der Waals surface area contributed by atoms with Gasteiger partial charge in [0.05, 0.1) is 10.5 Å². The van der Waals surface area contributed by atoms with Crippen molar-refractivity contribution < 1.29 is 19.2 Å². The van der Waals surface area contributed by atoms with Crippen molar-refractivity contribution in [3.05, 3.63) is 64.2 Å². The molecule has 0 amide bonds. The summed E-state index contributed by atoms with van der Waals surface area (Å²) in [5.41, 5.74) is 0.469. The average molecular weight is 287 g/mol. The van der Waals surface area contributed by atoms with Gasteiger partial charge in [-0.15, -0.1) is 0 Å². The topological polar surface area (TPSA) is 78.7 Å². The van der Waals surface area contributed by atoms with Crippen LogP contribution in [-0.2, 0) is 11.4 Å². The van der Waals surface area contributed by atoms with E-state index < -0.39 is 4.92 Å². The number of nitro groups is 1. The lowest BCUT2D eigenvalue weighted by Crippen LogP contribution is -2.03. The van der Waals surface area contributed by atoms with E-state index in [1.807, 2.05) is 0 Å². The van der Waals surface area contributed by atoms with E-state index in [0.29, 0.717) is 23.3 Å². The van der Waals surface area contributed by atoms with Crippen molar-refractivity contribution in [3.8, 4) is 11.5 Å². The first kappa shape index (κ1) is 14.5. The normalized spacial score (nSPS) is 9.90. The van der Waals surface area contributed by atoms with Crippen LogP contribution in [-0.4, -0.2) is 17.8 Å². The Balaban J connectivity index is 2.13. The number of ether oxygens (including phenoxy) is 2. The number of aldehydes is 1. The Hall–Kier alpha value is -2.89. The zero-order chi connectivity index (χ0) is 15.1. The van der Waals surface area contributed by atoms with Crippen molar-refractivity contribution in [1.29, 1.82) is 0 Å². The Bertz CT molecular complexity index is 641. The van der Waals surface area contributed by atoms with Gasteiger partial charge in [0, 0.05) is 6.07 Å². The molecule has 2 aromatic rings. The van der Waals surface area contributed by atoms with E-state index in [2.05, 4.69) is 0 Å². The summed E-state index contributed by atoms with van der Waals surface area (Å²) >= 11 is 0. The molecular weight excluding hydrogens is 274 g/mol. The molecule has 0 bridgehead atoms. The quantitative estimate of drug-likeness (QED) is 0.444. The fourth-order valence-corrected chi connectivity index (χ4v) is 1.78. The van der Waals surface area contributed by atoms with Gasteiger partial charge in [-0.25, -0.2) is 0 Å². The zero-order valence-corrected chi connectivity index (χ0v) is 11.1. The van der Waals surface area contributed by atoms with Crippen molar-refractivity contribution in [2.75, 3.05) is 6.61 Å². The molecule has 21 heavy (non-hydrogen) atoms. The van der Waals surface area contributed by atoms with Crippen LogP contribution in [0.5, 0.6) is 11.5 Å². The maximum atomic E-state index is 10.9. The van der Waals surface area contributed by atoms with E-state index in [1.165, 1.54) is 6.07 Å². The van der Waals surface area contributed by atoms with Crippen molar-refractivity contribution in [1.82, 2.24) is 0 Å². The molecule has 0 aliphatic rings. The Morgan fingerprint density at radius 2 is 1.62 bits per heavy atom. The second kappa shape index (κ2) is 7.04. The highest BCUT2D eigenvalue weighted by molar-refractivity contribution is 5.52. The van der Waals surface area contributed by atoms with Crippen molar-refractivity contribution in [3.63, 3.8) is 0 Å². The Kier molecular flexibility index (Phi) is 4.87. The van der Waals surface area contributed by atoms with Gasteiger partial charge >= 0.3 is 0 Å². The van der Waals surface area contributed by atoms with Gasteiger partial charge in [0.2, 0.25) is 0 Å². The molecule has 0 atom stereocenters. The zero-order valence-electron chi connectivity index (χ0n) is 11.1. The summed E-state index contributed by atoms with van der Waals surface area (Å²) in [5, 5.41) is 10.9. The van der Waals surface area contributed by atoms with Crippen molar-refractivity contribution in [2.45, 2.75) is 6.61 Å².